The summed E-state index contributed by atoms with van der Waals surface area (Å²) in [5, 5.41) is 10.0. The molecule has 0 aromatic carbocycles. The molecule has 0 saturated carbocycles. The van der Waals surface area contributed by atoms with Gasteiger partial charge in [0.2, 0.25) is 0 Å². The summed E-state index contributed by atoms with van der Waals surface area (Å²) >= 11 is 0. The fourth-order valence-corrected chi connectivity index (χ4v) is 1.82. The third-order valence-electron chi connectivity index (χ3n) is 3.68. The number of piperidine rings is 1. The summed E-state index contributed by atoms with van der Waals surface area (Å²) in [7, 11) is 1.91. The van der Waals surface area contributed by atoms with Crippen LogP contribution in [0, 0.1) is 5.92 Å². The van der Waals surface area contributed by atoms with Gasteiger partial charge in [-0.1, -0.05) is 6.92 Å². The summed E-state index contributed by atoms with van der Waals surface area (Å²) in [6.45, 7) is 7.43. The summed E-state index contributed by atoms with van der Waals surface area (Å²) in [6, 6.07) is 0. The molecule has 0 radical (unpaired) electrons. The van der Waals surface area contributed by atoms with E-state index in [9.17, 15) is 5.21 Å². The molecule has 11 heavy (non-hydrogen) atoms. The second-order valence-electron chi connectivity index (χ2n) is 4.56. The lowest BCUT2D eigenvalue weighted by molar-refractivity contribution is -1.13. The van der Waals surface area contributed by atoms with Crippen LogP contribution in [-0.2, 0) is 0 Å². The number of quaternary nitrogens is 1. The van der Waals surface area contributed by atoms with Crippen molar-refractivity contribution in [3.63, 3.8) is 0 Å². The molecule has 1 aliphatic rings. The zero-order chi connectivity index (χ0) is 8.70. The molecular weight excluding hydrogens is 138 g/mol. The van der Waals surface area contributed by atoms with E-state index in [0.717, 1.165) is 13.0 Å². The molecule has 66 valence electrons. The van der Waals surface area contributed by atoms with Crippen molar-refractivity contribution >= 4 is 0 Å². The fourth-order valence-electron chi connectivity index (χ4n) is 1.82. The van der Waals surface area contributed by atoms with Gasteiger partial charge in [-0.15, -0.1) is 0 Å². The third-order valence-corrected chi connectivity index (χ3v) is 3.68. The number of hydrogen-bond donors (Lipinski definition) is 1. The van der Waals surface area contributed by atoms with Crippen LogP contribution in [0.1, 0.15) is 33.6 Å². The molecule has 0 aromatic rings. The number of rotatable bonds is 0. The van der Waals surface area contributed by atoms with Crippen LogP contribution in [0.3, 0.4) is 0 Å². The Morgan fingerprint density at radius 1 is 1.45 bits per heavy atom. The average molecular weight is 158 g/mol. The van der Waals surface area contributed by atoms with Gasteiger partial charge in [0.05, 0.1) is 7.05 Å². The first-order valence-electron chi connectivity index (χ1n) is 4.46. The van der Waals surface area contributed by atoms with E-state index in [2.05, 4.69) is 20.8 Å². The van der Waals surface area contributed by atoms with Crippen LogP contribution in [0.15, 0.2) is 0 Å². The van der Waals surface area contributed by atoms with E-state index >= 15 is 0 Å². The topological polar surface area (TPSA) is 20.2 Å². The smallest absolute Gasteiger partial charge is 0.125 e. The monoisotopic (exact) mass is 158 g/mol. The van der Waals surface area contributed by atoms with Crippen molar-refractivity contribution in [3.05, 3.63) is 0 Å². The summed E-state index contributed by atoms with van der Waals surface area (Å²) in [5.41, 5.74) is 0.0260. The molecule has 2 heteroatoms. The van der Waals surface area contributed by atoms with Gasteiger partial charge in [-0.05, 0) is 26.7 Å². The van der Waals surface area contributed by atoms with Gasteiger partial charge in [0, 0.05) is 5.92 Å². The van der Waals surface area contributed by atoms with Gasteiger partial charge < -0.3 is 0 Å². The predicted molar refractivity (Wildman–Crippen MR) is 45.3 cm³/mol. The van der Waals surface area contributed by atoms with Crippen LogP contribution in [-0.4, -0.2) is 29.0 Å². The van der Waals surface area contributed by atoms with Gasteiger partial charge in [-0.25, -0.2) is 5.21 Å². The second kappa shape index (κ2) is 2.46. The molecular formula is C9H20NO+. The molecule has 1 fully saturated rings. The molecule has 0 bridgehead atoms. The van der Waals surface area contributed by atoms with Gasteiger partial charge in [0.25, 0.3) is 0 Å². The number of hydroxylamine groups is 3. The largest absolute Gasteiger partial charge is 0.217 e. The molecule has 2 atom stereocenters. The average Bonchev–Trinajstić information content (AvgIpc) is 1.84. The molecule has 1 heterocycles. The number of hydrogen-bond acceptors (Lipinski definition) is 1. The first-order chi connectivity index (χ1) is 4.88. The highest BCUT2D eigenvalue weighted by molar-refractivity contribution is 4.78. The quantitative estimate of drug-likeness (QED) is 0.535. The van der Waals surface area contributed by atoms with Gasteiger partial charge >= 0.3 is 0 Å². The van der Waals surface area contributed by atoms with Crippen LogP contribution in [0.5, 0.6) is 0 Å². The van der Waals surface area contributed by atoms with Crippen molar-refractivity contribution in [2.45, 2.75) is 39.2 Å². The van der Waals surface area contributed by atoms with Gasteiger partial charge in [0.1, 0.15) is 12.1 Å². The highest BCUT2D eigenvalue weighted by atomic mass is 16.5. The van der Waals surface area contributed by atoms with Crippen molar-refractivity contribution in [1.82, 2.24) is 0 Å². The minimum atomic E-state index is 0.0260. The molecule has 0 amide bonds. The zero-order valence-electron chi connectivity index (χ0n) is 8.09. The second-order valence-corrected chi connectivity index (χ2v) is 4.56. The molecule has 1 rings (SSSR count). The molecule has 1 N–H and O–H groups in total. The van der Waals surface area contributed by atoms with E-state index in [-0.39, 0.29) is 10.2 Å². The van der Waals surface area contributed by atoms with Crippen molar-refractivity contribution in [2.24, 2.45) is 5.92 Å². The molecule has 0 spiro atoms. The highest BCUT2D eigenvalue weighted by Crippen LogP contribution is 2.35. The Hall–Kier alpha value is -0.0800. The molecule has 0 aromatic heterocycles. The van der Waals surface area contributed by atoms with Crippen LogP contribution >= 0.6 is 0 Å². The van der Waals surface area contributed by atoms with Crippen molar-refractivity contribution < 1.29 is 9.85 Å². The van der Waals surface area contributed by atoms with Crippen molar-refractivity contribution in [2.75, 3.05) is 13.6 Å². The maximum absolute atomic E-state index is 10.0. The van der Waals surface area contributed by atoms with Crippen LogP contribution < -0.4 is 0 Å². The summed E-state index contributed by atoms with van der Waals surface area (Å²) in [6.07, 6.45) is 2.40. The molecule has 2 nitrogen and oxygen atoms in total. The first-order valence-corrected chi connectivity index (χ1v) is 4.46. The van der Waals surface area contributed by atoms with E-state index < -0.39 is 0 Å². The zero-order valence-corrected chi connectivity index (χ0v) is 8.09. The van der Waals surface area contributed by atoms with E-state index in [4.69, 9.17) is 0 Å². The fraction of sp³-hybridized carbons (Fsp3) is 1.00. The third kappa shape index (κ3) is 1.30. The van der Waals surface area contributed by atoms with Gasteiger partial charge in [-0.2, -0.15) is 4.65 Å². The Morgan fingerprint density at radius 2 is 2.00 bits per heavy atom. The van der Waals surface area contributed by atoms with E-state index in [1.54, 1.807) is 0 Å². The molecule has 2 unspecified atom stereocenters. The van der Waals surface area contributed by atoms with Gasteiger partial charge in [0.15, 0.2) is 0 Å². The Balaban J connectivity index is 2.82. The Labute approximate surface area is 69.4 Å². The summed E-state index contributed by atoms with van der Waals surface area (Å²) in [5.74, 6) is 0.617. The lowest BCUT2D eigenvalue weighted by Gasteiger charge is -2.47. The van der Waals surface area contributed by atoms with Crippen molar-refractivity contribution in [3.8, 4) is 0 Å². The lowest BCUT2D eigenvalue weighted by Crippen LogP contribution is -2.62. The van der Waals surface area contributed by atoms with E-state index in [0.29, 0.717) is 5.92 Å². The number of nitrogens with zero attached hydrogens (tertiary/aromatic N) is 1. The predicted octanol–water partition coefficient (Wildman–Crippen LogP) is 2.03. The maximum Gasteiger partial charge on any atom is 0.125 e. The van der Waals surface area contributed by atoms with Crippen LogP contribution in [0.25, 0.3) is 0 Å². The van der Waals surface area contributed by atoms with Gasteiger partial charge in [-0.3, -0.25) is 0 Å². The van der Waals surface area contributed by atoms with E-state index in [1.165, 1.54) is 6.42 Å². The Kier molecular flexibility index (Phi) is 2.01. The minimum Gasteiger partial charge on any atom is -0.217 e. The molecule has 0 aliphatic carbocycles. The van der Waals surface area contributed by atoms with E-state index in [1.807, 2.05) is 7.05 Å². The lowest BCUT2D eigenvalue weighted by atomic mass is 9.80. The number of likely N-dealkylation sites (tertiary alicyclic amines) is 1. The standard InChI is InChI=1S/C9H20NO/c1-8-6-5-7-10(4,11)9(8,2)3/h8,11H,5-7H2,1-4H3/q+1. The maximum atomic E-state index is 10.0. The SMILES string of the molecule is CC1CCC[N+](C)(O)C1(C)C. The normalized spacial score (nSPS) is 43.9. The van der Waals surface area contributed by atoms with Crippen LogP contribution in [0.4, 0.5) is 0 Å². The van der Waals surface area contributed by atoms with Crippen LogP contribution in [0.2, 0.25) is 0 Å². The first kappa shape index (κ1) is 9.01. The Morgan fingerprint density at radius 3 is 2.36 bits per heavy atom. The minimum absolute atomic E-state index is 0.0260. The van der Waals surface area contributed by atoms with Crippen molar-refractivity contribution in [1.29, 1.82) is 0 Å². The highest BCUT2D eigenvalue weighted by Gasteiger charge is 2.46. The Bertz CT molecular complexity index is 152. The molecule has 1 saturated heterocycles. The molecule has 1 aliphatic heterocycles. The summed E-state index contributed by atoms with van der Waals surface area (Å²) in [4.78, 5) is 0. The summed E-state index contributed by atoms with van der Waals surface area (Å²) < 4.78 is 0.189.